The molecule has 1 aromatic rings. The minimum Gasteiger partial charge on any atom is -0.365 e. The minimum absolute atomic E-state index is 0.0481. The molecule has 1 N–H and O–H groups in total. The van der Waals surface area contributed by atoms with Gasteiger partial charge in [-0.3, -0.25) is 14.6 Å². The Hall–Kier alpha value is -1.99. The topological polar surface area (TPSA) is 74.8 Å². The van der Waals surface area contributed by atoms with Crippen LogP contribution in [-0.4, -0.2) is 78.6 Å². The number of pyridine rings is 1. The summed E-state index contributed by atoms with van der Waals surface area (Å²) in [6.07, 6.45) is 8.72. The van der Waals surface area contributed by atoms with Crippen LogP contribution in [0.3, 0.4) is 0 Å². The maximum absolute atomic E-state index is 12.3. The van der Waals surface area contributed by atoms with Gasteiger partial charge in [-0.1, -0.05) is 6.07 Å². The largest absolute Gasteiger partial charge is 0.365 e. The van der Waals surface area contributed by atoms with Crippen LogP contribution >= 0.6 is 0 Å². The number of carbonyl (C=O) groups is 2. The van der Waals surface area contributed by atoms with E-state index in [1.165, 1.54) is 32.2 Å². The Bertz CT molecular complexity index is 687. The van der Waals surface area contributed by atoms with E-state index in [9.17, 15) is 9.59 Å². The highest BCUT2D eigenvalue weighted by Gasteiger charge is 2.31. The summed E-state index contributed by atoms with van der Waals surface area (Å²) in [6, 6.07) is 3.72. The third-order valence-electron chi connectivity index (χ3n) is 6.23. The van der Waals surface area contributed by atoms with Gasteiger partial charge in [0.25, 0.3) is 0 Å². The van der Waals surface area contributed by atoms with Crippen LogP contribution in [0.4, 0.5) is 0 Å². The molecule has 3 aliphatic rings. The van der Waals surface area contributed by atoms with Crippen LogP contribution in [0.5, 0.6) is 0 Å². The Morgan fingerprint density at radius 3 is 2.69 bits per heavy atom. The van der Waals surface area contributed by atoms with Crippen molar-refractivity contribution in [3.05, 3.63) is 30.1 Å². The van der Waals surface area contributed by atoms with E-state index < -0.39 is 0 Å². The minimum atomic E-state index is -0.138. The lowest BCUT2D eigenvalue weighted by molar-refractivity contribution is -0.150. The zero-order chi connectivity index (χ0) is 20.1. The van der Waals surface area contributed by atoms with Crippen molar-refractivity contribution >= 4 is 11.8 Å². The third-order valence-corrected chi connectivity index (χ3v) is 6.23. The molecule has 0 aromatic carbocycles. The van der Waals surface area contributed by atoms with Gasteiger partial charge in [0.1, 0.15) is 6.61 Å². The Labute approximate surface area is 172 Å². The average Bonchev–Trinajstić information content (AvgIpc) is 3.55. The molecule has 7 heteroatoms. The first-order valence-electron chi connectivity index (χ1n) is 10.9. The second-order valence-electron chi connectivity index (χ2n) is 8.76. The number of ether oxygens (including phenoxy) is 1. The van der Waals surface area contributed by atoms with Gasteiger partial charge in [0.05, 0.1) is 12.5 Å². The number of morpholine rings is 1. The predicted octanol–water partition coefficient (Wildman–Crippen LogP) is 1.09. The van der Waals surface area contributed by atoms with Crippen molar-refractivity contribution in [1.82, 2.24) is 20.1 Å². The second kappa shape index (κ2) is 9.67. The summed E-state index contributed by atoms with van der Waals surface area (Å²) in [5.74, 6) is 1.55. The zero-order valence-corrected chi connectivity index (χ0v) is 17.1. The van der Waals surface area contributed by atoms with Gasteiger partial charge in [-0.25, -0.2) is 0 Å². The smallest absolute Gasteiger partial charge is 0.248 e. The molecule has 1 aromatic heterocycles. The fraction of sp³-hybridized carbons (Fsp3) is 0.682. The van der Waals surface area contributed by atoms with Crippen molar-refractivity contribution in [3.8, 4) is 0 Å². The normalized spacial score (nSPS) is 23.9. The molecule has 1 atom stereocenters. The fourth-order valence-corrected chi connectivity index (χ4v) is 4.29. The molecule has 3 fully saturated rings. The van der Waals surface area contributed by atoms with E-state index in [2.05, 4.69) is 15.2 Å². The number of hydrogen-bond acceptors (Lipinski definition) is 5. The molecule has 2 aliphatic heterocycles. The Kier molecular flexibility index (Phi) is 6.77. The Balaban J connectivity index is 1.18. The molecule has 0 radical (unpaired) electrons. The highest BCUT2D eigenvalue weighted by molar-refractivity contribution is 5.79. The van der Waals surface area contributed by atoms with Crippen LogP contribution in [0.15, 0.2) is 24.5 Å². The number of piperidine rings is 1. The highest BCUT2D eigenvalue weighted by atomic mass is 16.5. The summed E-state index contributed by atoms with van der Waals surface area (Å²) in [7, 11) is 0. The zero-order valence-electron chi connectivity index (χ0n) is 17.1. The van der Waals surface area contributed by atoms with Crippen molar-refractivity contribution in [1.29, 1.82) is 0 Å². The summed E-state index contributed by atoms with van der Waals surface area (Å²) in [4.78, 5) is 33.0. The first-order chi connectivity index (χ1) is 14.2. The average molecular weight is 401 g/mol. The van der Waals surface area contributed by atoms with Gasteiger partial charge < -0.3 is 19.9 Å². The summed E-state index contributed by atoms with van der Waals surface area (Å²) in [5, 5.41) is 2.93. The molecular formula is C22H32N4O3. The standard InChI is InChI=1S/C22H32N4O3/c27-21(10-19-2-1-7-23-11-19)24-12-20-15-26(22(28)16-29-20)14-18-5-8-25(9-6-18)13-17-3-4-17/h1-2,7,11,17-18,20H,3-6,8-10,12-16H2,(H,24,27). The third kappa shape index (κ3) is 6.24. The van der Waals surface area contributed by atoms with Gasteiger partial charge in [-0.15, -0.1) is 0 Å². The molecule has 0 spiro atoms. The van der Waals surface area contributed by atoms with E-state index >= 15 is 0 Å². The highest BCUT2D eigenvalue weighted by Crippen LogP contribution is 2.31. The van der Waals surface area contributed by atoms with Crippen molar-refractivity contribution in [2.45, 2.75) is 38.2 Å². The second-order valence-corrected chi connectivity index (χ2v) is 8.76. The van der Waals surface area contributed by atoms with Gasteiger partial charge in [-0.05, 0) is 62.2 Å². The van der Waals surface area contributed by atoms with Crippen LogP contribution < -0.4 is 5.32 Å². The molecule has 158 valence electrons. The molecule has 7 nitrogen and oxygen atoms in total. The number of nitrogens with one attached hydrogen (secondary N) is 1. The van der Waals surface area contributed by atoms with Crippen LogP contribution in [0.1, 0.15) is 31.2 Å². The first kappa shape index (κ1) is 20.3. The van der Waals surface area contributed by atoms with Crippen LogP contribution in [0, 0.1) is 11.8 Å². The molecular weight excluding hydrogens is 368 g/mol. The lowest BCUT2D eigenvalue weighted by atomic mass is 9.95. The lowest BCUT2D eigenvalue weighted by Crippen LogP contribution is -2.52. The molecule has 29 heavy (non-hydrogen) atoms. The van der Waals surface area contributed by atoms with Crippen molar-refractivity contribution in [3.63, 3.8) is 0 Å². The summed E-state index contributed by atoms with van der Waals surface area (Å²) in [6.45, 7) is 5.52. The summed E-state index contributed by atoms with van der Waals surface area (Å²) < 4.78 is 5.65. The molecule has 1 unspecified atom stereocenters. The quantitative estimate of drug-likeness (QED) is 0.707. The van der Waals surface area contributed by atoms with Gasteiger partial charge in [0, 0.05) is 38.6 Å². The molecule has 3 heterocycles. The van der Waals surface area contributed by atoms with Crippen molar-refractivity contribution in [2.24, 2.45) is 11.8 Å². The summed E-state index contributed by atoms with van der Waals surface area (Å²) in [5.41, 5.74) is 0.888. The number of carbonyl (C=O) groups excluding carboxylic acids is 2. The maximum Gasteiger partial charge on any atom is 0.248 e. The van der Waals surface area contributed by atoms with Crippen molar-refractivity contribution in [2.75, 3.05) is 45.9 Å². The number of rotatable bonds is 8. The maximum atomic E-state index is 12.3. The molecule has 2 amide bonds. The number of amides is 2. The van der Waals surface area contributed by atoms with E-state index in [-0.39, 0.29) is 24.5 Å². The predicted molar refractivity (Wildman–Crippen MR) is 109 cm³/mol. The number of hydrogen-bond donors (Lipinski definition) is 1. The Morgan fingerprint density at radius 1 is 1.17 bits per heavy atom. The lowest BCUT2D eigenvalue weighted by Gasteiger charge is -2.38. The number of nitrogens with zero attached hydrogens (tertiary/aromatic N) is 3. The van der Waals surface area contributed by atoms with Crippen LogP contribution in [-0.2, 0) is 20.7 Å². The molecule has 1 aliphatic carbocycles. The fourth-order valence-electron chi connectivity index (χ4n) is 4.29. The van der Waals surface area contributed by atoms with Gasteiger partial charge in [-0.2, -0.15) is 0 Å². The summed E-state index contributed by atoms with van der Waals surface area (Å²) >= 11 is 0. The van der Waals surface area contributed by atoms with E-state index in [4.69, 9.17) is 4.74 Å². The van der Waals surface area contributed by atoms with E-state index in [1.54, 1.807) is 12.4 Å². The van der Waals surface area contributed by atoms with Gasteiger partial charge in [0.15, 0.2) is 0 Å². The first-order valence-corrected chi connectivity index (χ1v) is 10.9. The molecule has 0 bridgehead atoms. The monoisotopic (exact) mass is 400 g/mol. The Morgan fingerprint density at radius 2 is 1.97 bits per heavy atom. The SMILES string of the molecule is O=C(Cc1cccnc1)NCC1CN(CC2CCN(CC3CC3)CC2)C(=O)CO1. The van der Waals surface area contributed by atoms with E-state index in [1.807, 2.05) is 17.0 Å². The van der Waals surface area contributed by atoms with Gasteiger partial charge >= 0.3 is 0 Å². The van der Waals surface area contributed by atoms with Crippen LogP contribution in [0.25, 0.3) is 0 Å². The van der Waals surface area contributed by atoms with Gasteiger partial charge in [0.2, 0.25) is 11.8 Å². The number of aromatic nitrogens is 1. The molecule has 4 rings (SSSR count). The van der Waals surface area contributed by atoms with E-state index in [0.29, 0.717) is 25.4 Å². The molecule has 1 saturated carbocycles. The molecule has 2 saturated heterocycles. The van der Waals surface area contributed by atoms with Crippen LogP contribution in [0.2, 0.25) is 0 Å². The van der Waals surface area contributed by atoms with E-state index in [0.717, 1.165) is 31.1 Å². The number of likely N-dealkylation sites (tertiary alicyclic amines) is 1. The van der Waals surface area contributed by atoms with Crippen molar-refractivity contribution < 1.29 is 14.3 Å².